The van der Waals surface area contributed by atoms with Gasteiger partial charge in [-0.25, -0.2) is 13.8 Å². The quantitative estimate of drug-likeness (QED) is 0.408. The fourth-order valence-electron chi connectivity index (χ4n) is 5.39. The Labute approximate surface area is 172 Å². The fraction of sp³-hybridized carbons (Fsp3) is 0.667. The van der Waals surface area contributed by atoms with Crippen LogP contribution in [0, 0.1) is 17.8 Å². The van der Waals surface area contributed by atoms with Gasteiger partial charge in [0.2, 0.25) is 5.91 Å². The van der Waals surface area contributed by atoms with Gasteiger partial charge in [0.1, 0.15) is 12.0 Å². The van der Waals surface area contributed by atoms with E-state index in [1.807, 2.05) is 6.92 Å². The van der Waals surface area contributed by atoms with Gasteiger partial charge in [-0.05, 0) is 76.9 Å². The molecule has 29 heavy (non-hydrogen) atoms. The van der Waals surface area contributed by atoms with Crippen LogP contribution in [0.5, 0.6) is 0 Å². The first-order chi connectivity index (χ1) is 13.8. The Bertz CT molecular complexity index is 806. The molecule has 1 spiro atoms. The van der Waals surface area contributed by atoms with E-state index in [9.17, 15) is 13.6 Å². The van der Waals surface area contributed by atoms with Crippen molar-refractivity contribution in [2.75, 3.05) is 0 Å². The van der Waals surface area contributed by atoms with Gasteiger partial charge < -0.3 is 0 Å². The van der Waals surface area contributed by atoms with E-state index >= 15 is 0 Å². The Morgan fingerprint density at radius 1 is 1.34 bits per heavy atom. The summed E-state index contributed by atoms with van der Waals surface area (Å²) >= 11 is 0. The number of hydrogen-bond donors (Lipinski definition) is 0. The minimum Gasteiger partial charge on any atom is -0.273 e. The van der Waals surface area contributed by atoms with Gasteiger partial charge in [0.25, 0.3) is 0 Å². The minimum absolute atomic E-state index is 0.0342. The molecular weight excluding hydrogens is 370 g/mol. The fourth-order valence-corrected chi connectivity index (χ4v) is 5.39. The third kappa shape index (κ3) is 3.73. The molecule has 3 aliphatic carbocycles. The maximum atomic E-state index is 14.7. The lowest BCUT2D eigenvalue weighted by molar-refractivity contribution is -0.142. The smallest absolute Gasteiger partial charge is 0.246 e. The van der Waals surface area contributed by atoms with Crippen molar-refractivity contribution in [3.05, 3.63) is 35.2 Å². The highest BCUT2D eigenvalue weighted by molar-refractivity contribution is 6.03. The molecule has 0 bridgehead atoms. The Morgan fingerprint density at radius 3 is 2.79 bits per heavy atom. The lowest BCUT2D eigenvalue weighted by Gasteiger charge is -2.40. The molecule has 1 heterocycles. The summed E-state index contributed by atoms with van der Waals surface area (Å²) in [6.45, 7) is 5.08. The number of rotatable bonds is 5. The normalized spacial score (nSPS) is 32.2. The summed E-state index contributed by atoms with van der Waals surface area (Å²) in [7, 11) is 0. The number of hydrazone groups is 1. The predicted octanol–water partition coefficient (Wildman–Crippen LogP) is 6.04. The van der Waals surface area contributed by atoms with Crippen LogP contribution in [0.2, 0.25) is 0 Å². The summed E-state index contributed by atoms with van der Waals surface area (Å²) in [5.41, 5.74) is 2.17. The summed E-state index contributed by atoms with van der Waals surface area (Å²) in [5.74, 6) is 0.378. The standard InChI is InChI=1S/C24H32F2N2O/c1-15(25)8-11-21(26)17(3)22-14-24(13-12-19-6-4-5-7-20(19)24)28(27-22)23(29)16(2)18-9-10-18/h6,8,11,15-16,18,20H,4-5,7,9-10,12-14H2,1-3H3/b11-8-,21-17-/t15?,16-,20?,24?/m0/s1. The lowest BCUT2D eigenvalue weighted by atomic mass is 9.75. The van der Waals surface area contributed by atoms with Crippen molar-refractivity contribution in [1.29, 1.82) is 0 Å². The monoisotopic (exact) mass is 402 g/mol. The van der Waals surface area contributed by atoms with E-state index in [1.165, 1.54) is 24.6 Å². The number of carbonyl (C=O) groups is 1. The van der Waals surface area contributed by atoms with Crippen LogP contribution < -0.4 is 0 Å². The zero-order valence-corrected chi connectivity index (χ0v) is 17.8. The molecule has 1 amide bonds. The molecule has 3 nitrogen and oxygen atoms in total. The first kappa shape index (κ1) is 20.5. The Hall–Kier alpha value is -1.78. The van der Waals surface area contributed by atoms with Crippen LogP contribution in [-0.4, -0.2) is 28.3 Å². The van der Waals surface area contributed by atoms with E-state index in [0.29, 0.717) is 29.5 Å². The van der Waals surface area contributed by atoms with Crippen LogP contribution in [0.3, 0.4) is 0 Å². The van der Waals surface area contributed by atoms with E-state index in [4.69, 9.17) is 5.10 Å². The lowest BCUT2D eigenvalue weighted by Crippen LogP contribution is -2.51. The summed E-state index contributed by atoms with van der Waals surface area (Å²) in [5, 5.41) is 6.51. The van der Waals surface area contributed by atoms with E-state index in [1.54, 1.807) is 11.9 Å². The minimum atomic E-state index is -1.20. The van der Waals surface area contributed by atoms with Crippen LogP contribution in [0.1, 0.15) is 72.1 Å². The molecule has 1 aliphatic heterocycles. The molecule has 4 atom stereocenters. The van der Waals surface area contributed by atoms with Crippen LogP contribution in [0.15, 0.2) is 40.3 Å². The van der Waals surface area contributed by atoms with Crippen molar-refractivity contribution in [2.45, 2.75) is 83.8 Å². The van der Waals surface area contributed by atoms with Gasteiger partial charge in [0, 0.05) is 23.8 Å². The molecular formula is C24H32F2N2O. The average molecular weight is 403 g/mol. The third-order valence-corrected chi connectivity index (χ3v) is 7.39. The van der Waals surface area contributed by atoms with Crippen LogP contribution >= 0.6 is 0 Å². The van der Waals surface area contributed by atoms with Crippen LogP contribution in [0.25, 0.3) is 0 Å². The number of fused-ring (bicyclic) bond motifs is 2. The molecule has 0 N–H and O–H groups in total. The van der Waals surface area contributed by atoms with Crippen molar-refractivity contribution in [1.82, 2.24) is 5.01 Å². The maximum absolute atomic E-state index is 14.7. The molecule has 158 valence electrons. The van der Waals surface area contributed by atoms with Crippen molar-refractivity contribution in [3.63, 3.8) is 0 Å². The first-order valence-corrected chi connectivity index (χ1v) is 11.1. The molecule has 0 aromatic rings. The molecule has 5 heteroatoms. The molecule has 4 rings (SSSR count). The number of amides is 1. The van der Waals surface area contributed by atoms with Crippen LogP contribution in [-0.2, 0) is 4.79 Å². The second-order valence-electron chi connectivity index (χ2n) is 9.38. The number of allylic oxidation sites excluding steroid dienone is 5. The van der Waals surface area contributed by atoms with Crippen molar-refractivity contribution < 1.29 is 13.6 Å². The van der Waals surface area contributed by atoms with E-state index in [0.717, 1.165) is 44.9 Å². The molecule has 0 aromatic heterocycles. The highest BCUT2D eigenvalue weighted by Crippen LogP contribution is 2.54. The molecule has 3 unspecified atom stereocenters. The number of carbonyl (C=O) groups excluding carboxylic acids is 1. The number of hydrogen-bond acceptors (Lipinski definition) is 2. The van der Waals surface area contributed by atoms with Gasteiger partial charge in [0.05, 0.1) is 11.3 Å². The second kappa shape index (κ2) is 7.81. The highest BCUT2D eigenvalue weighted by Gasteiger charge is 2.56. The first-order valence-electron chi connectivity index (χ1n) is 11.1. The van der Waals surface area contributed by atoms with Crippen molar-refractivity contribution in [3.8, 4) is 0 Å². The number of halogens is 2. The van der Waals surface area contributed by atoms with Gasteiger partial charge in [-0.3, -0.25) is 4.79 Å². The largest absolute Gasteiger partial charge is 0.273 e. The molecule has 2 fully saturated rings. The van der Waals surface area contributed by atoms with E-state index in [-0.39, 0.29) is 17.4 Å². The van der Waals surface area contributed by atoms with Gasteiger partial charge >= 0.3 is 0 Å². The third-order valence-electron chi connectivity index (χ3n) is 7.39. The zero-order valence-electron chi connectivity index (χ0n) is 17.8. The average Bonchev–Trinajstić information content (AvgIpc) is 3.41. The molecule has 4 aliphatic rings. The Balaban J connectivity index is 1.69. The summed E-state index contributed by atoms with van der Waals surface area (Å²) in [6.07, 6.45) is 11.6. The number of nitrogens with zero attached hydrogens (tertiary/aromatic N) is 2. The predicted molar refractivity (Wildman–Crippen MR) is 112 cm³/mol. The van der Waals surface area contributed by atoms with E-state index in [2.05, 4.69) is 6.08 Å². The summed E-state index contributed by atoms with van der Waals surface area (Å²) < 4.78 is 27.8. The summed E-state index contributed by atoms with van der Waals surface area (Å²) in [4.78, 5) is 13.4. The SMILES string of the molecule is C/C(C1=NN(C(=O)[C@@H](C)C2CC2)C2(CCC3=CCCCC32)C1)=C(F)\C=C/C(C)F. The molecule has 0 aromatic carbocycles. The van der Waals surface area contributed by atoms with Gasteiger partial charge in [-0.2, -0.15) is 5.10 Å². The van der Waals surface area contributed by atoms with Gasteiger partial charge in [-0.1, -0.05) is 18.6 Å². The highest BCUT2D eigenvalue weighted by atomic mass is 19.1. The topological polar surface area (TPSA) is 32.7 Å². The Morgan fingerprint density at radius 2 is 2.10 bits per heavy atom. The number of alkyl halides is 1. The second-order valence-corrected chi connectivity index (χ2v) is 9.38. The molecule has 0 radical (unpaired) electrons. The summed E-state index contributed by atoms with van der Waals surface area (Å²) in [6, 6.07) is 0. The molecule has 2 saturated carbocycles. The van der Waals surface area contributed by atoms with Crippen molar-refractivity contribution >= 4 is 11.6 Å². The Kier molecular flexibility index (Phi) is 5.52. The zero-order chi connectivity index (χ0) is 20.8. The van der Waals surface area contributed by atoms with Crippen LogP contribution in [0.4, 0.5) is 8.78 Å². The molecule has 0 saturated heterocycles. The maximum Gasteiger partial charge on any atom is 0.246 e. The van der Waals surface area contributed by atoms with Crippen molar-refractivity contribution in [2.24, 2.45) is 22.9 Å². The van der Waals surface area contributed by atoms with Gasteiger partial charge in [-0.15, -0.1) is 0 Å². The van der Waals surface area contributed by atoms with Gasteiger partial charge in [0.15, 0.2) is 0 Å². The van der Waals surface area contributed by atoms with E-state index < -0.39 is 12.0 Å².